The molecule has 3 fully saturated rings. The normalized spacial score (nSPS) is 22.4. The number of anilines is 1. The molecule has 5 nitrogen and oxygen atoms in total. The third-order valence-electron chi connectivity index (χ3n) is 7.89. The smallest absolute Gasteiger partial charge is 0.247 e. The first-order valence-electron chi connectivity index (χ1n) is 11.9. The fourth-order valence-electron chi connectivity index (χ4n) is 6.12. The Bertz CT molecular complexity index is 1000. The van der Waals surface area contributed by atoms with Gasteiger partial charge in [0.1, 0.15) is 5.54 Å². The summed E-state index contributed by atoms with van der Waals surface area (Å²) < 4.78 is 0. The maximum Gasteiger partial charge on any atom is 0.247 e. The van der Waals surface area contributed by atoms with E-state index in [-0.39, 0.29) is 11.3 Å². The van der Waals surface area contributed by atoms with Gasteiger partial charge in [0.2, 0.25) is 5.91 Å². The fourth-order valence-corrected chi connectivity index (χ4v) is 6.42. The molecule has 7 heteroatoms. The van der Waals surface area contributed by atoms with E-state index in [0.29, 0.717) is 16.7 Å². The highest BCUT2D eigenvalue weighted by Gasteiger charge is 2.50. The third-order valence-corrected chi connectivity index (χ3v) is 8.63. The van der Waals surface area contributed by atoms with Crippen LogP contribution in [0.1, 0.15) is 31.2 Å². The topological polar surface area (TPSA) is 38.8 Å². The number of likely N-dealkylation sites (N-methyl/N-ethyl adjacent to an activating group) is 1. The fraction of sp³-hybridized carbons (Fsp3) is 0.500. The molecular weight excluding hydrogens is 455 g/mol. The minimum atomic E-state index is -0.407. The molecular formula is C26H32Cl2N4O. The Kier molecular flexibility index (Phi) is 6.34. The van der Waals surface area contributed by atoms with Crippen LogP contribution in [-0.4, -0.2) is 67.7 Å². The summed E-state index contributed by atoms with van der Waals surface area (Å²) >= 11 is 12.5. The van der Waals surface area contributed by atoms with Gasteiger partial charge in [-0.15, -0.1) is 0 Å². The molecule has 0 radical (unpaired) electrons. The quantitative estimate of drug-likeness (QED) is 0.657. The maximum absolute atomic E-state index is 12.9. The van der Waals surface area contributed by atoms with Crippen LogP contribution in [0.5, 0.6) is 0 Å². The summed E-state index contributed by atoms with van der Waals surface area (Å²) in [6, 6.07) is 16.4. The lowest BCUT2D eigenvalue weighted by Crippen LogP contribution is -2.58. The molecule has 0 unspecified atom stereocenters. The van der Waals surface area contributed by atoms with E-state index in [9.17, 15) is 4.79 Å². The lowest BCUT2D eigenvalue weighted by Gasteiger charge is -2.50. The first-order chi connectivity index (χ1) is 15.9. The second-order valence-corrected chi connectivity index (χ2v) is 10.8. The van der Waals surface area contributed by atoms with Crippen LogP contribution < -0.4 is 10.2 Å². The van der Waals surface area contributed by atoms with E-state index in [1.807, 2.05) is 24.3 Å². The lowest BCUT2D eigenvalue weighted by atomic mass is 9.70. The van der Waals surface area contributed by atoms with Crippen molar-refractivity contribution in [2.45, 2.75) is 36.6 Å². The standard InChI is InChI=1S/C26H32Cl2N4O/c1-30-17-25(18-30,20-8-9-22(27)23(28)16-20)10-5-13-31-14-11-26(12-15-31)24(33)29-19-32(26)21-6-3-2-4-7-21/h2-4,6-9,16H,5,10-15,17-19H2,1H3,(H,29,33). The van der Waals surface area contributed by atoms with Crippen molar-refractivity contribution in [1.29, 1.82) is 0 Å². The summed E-state index contributed by atoms with van der Waals surface area (Å²) in [6.07, 6.45) is 4.01. The van der Waals surface area contributed by atoms with E-state index in [4.69, 9.17) is 23.2 Å². The lowest BCUT2D eigenvalue weighted by molar-refractivity contribution is -0.125. The molecule has 33 heavy (non-hydrogen) atoms. The van der Waals surface area contributed by atoms with Crippen LogP contribution >= 0.6 is 23.2 Å². The number of benzene rings is 2. The molecule has 0 aliphatic carbocycles. The van der Waals surface area contributed by atoms with Crippen molar-refractivity contribution in [2.24, 2.45) is 0 Å². The van der Waals surface area contributed by atoms with Crippen molar-refractivity contribution in [3.8, 4) is 0 Å². The highest BCUT2D eigenvalue weighted by atomic mass is 35.5. The van der Waals surface area contributed by atoms with Crippen LogP contribution in [0.4, 0.5) is 5.69 Å². The molecule has 1 N–H and O–H groups in total. The predicted octanol–water partition coefficient (Wildman–Crippen LogP) is 4.39. The summed E-state index contributed by atoms with van der Waals surface area (Å²) in [5.41, 5.74) is 2.18. The zero-order valence-electron chi connectivity index (χ0n) is 19.2. The molecule has 0 saturated carbocycles. The van der Waals surface area contributed by atoms with Gasteiger partial charge in [-0.3, -0.25) is 4.79 Å². The van der Waals surface area contributed by atoms with Crippen LogP contribution in [0, 0.1) is 0 Å². The van der Waals surface area contributed by atoms with Crippen LogP contribution in [0.2, 0.25) is 10.0 Å². The molecule has 1 amide bonds. The Balaban J connectivity index is 1.19. The molecule has 176 valence electrons. The number of hydrogen-bond acceptors (Lipinski definition) is 4. The van der Waals surface area contributed by atoms with Crippen molar-refractivity contribution in [3.05, 3.63) is 64.1 Å². The molecule has 3 aliphatic rings. The molecule has 3 saturated heterocycles. The number of para-hydroxylation sites is 1. The number of piperidine rings is 1. The first kappa shape index (κ1) is 23.0. The van der Waals surface area contributed by atoms with Gasteiger partial charge in [0, 0.05) is 37.3 Å². The average Bonchev–Trinajstić information content (AvgIpc) is 3.11. The highest BCUT2D eigenvalue weighted by Crippen LogP contribution is 2.41. The van der Waals surface area contributed by atoms with Crippen molar-refractivity contribution < 1.29 is 4.79 Å². The second-order valence-electron chi connectivity index (χ2n) is 9.99. The number of likely N-dealkylation sites (tertiary alicyclic amines) is 2. The average molecular weight is 487 g/mol. The Labute approximate surface area is 206 Å². The molecule has 0 aromatic heterocycles. The number of amides is 1. The molecule has 3 heterocycles. The van der Waals surface area contributed by atoms with Crippen molar-refractivity contribution in [1.82, 2.24) is 15.1 Å². The van der Waals surface area contributed by atoms with Gasteiger partial charge in [-0.25, -0.2) is 0 Å². The predicted molar refractivity (Wildman–Crippen MR) is 135 cm³/mol. The monoisotopic (exact) mass is 486 g/mol. The van der Waals surface area contributed by atoms with Gasteiger partial charge in [0.15, 0.2) is 0 Å². The van der Waals surface area contributed by atoms with E-state index in [1.54, 1.807) is 0 Å². The Morgan fingerprint density at radius 1 is 1.00 bits per heavy atom. The SMILES string of the molecule is CN1CC(CCCN2CCC3(CC2)C(=O)NCN3c2ccccc2)(c2ccc(Cl)c(Cl)c2)C1. The largest absolute Gasteiger partial charge is 0.339 e. The molecule has 0 atom stereocenters. The number of carbonyl (C=O) groups is 1. The van der Waals surface area contributed by atoms with Gasteiger partial charge >= 0.3 is 0 Å². The summed E-state index contributed by atoms with van der Waals surface area (Å²) in [4.78, 5) is 20.0. The van der Waals surface area contributed by atoms with Gasteiger partial charge in [-0.1, -0.05) is 47.5 Å². The summed E-state index contributed by atoms with van der Waals surface area (Å²) in [5.74, 6) is 0.182. The molecule has 5 rings (SSSR count). The number of nitrogens with one attached hydrogen (secondary N) is 1. The van der Waals surface area contributed by atoms with Crippen LogP contribution in [0.3, 0.4) is 0 Å². The summed E-state index contributed by atoms with van der Waals surface area (Å²) in [5, 5.41) is 4.35. The molecule has 1 spiro atoms. The maximum atomic E-state index is 12.9. The van der Waals surface area contributed by atoms with Gasteiger partial charge in [0.05, 0.1) is 16.7 Å². The third kappa shape index (κ3) is 4.25. The Morgan fingerprint density at radius 3 is 2.39 bits per heavy atom. The van der Waals surface area contributed by atoms with Crippen LogP contribution in [-0.2, 0) is 10.2 Å². The van der Waals surface area contributed by atoms with Crippen LogP contribution in [0.25, 0.3) is 0 Å². The first-order valence-corrected chi connectivity index (χ1v) is 12.6. The van der Waals surface area contributed by atoms with E-state index in [0.717, 1.165) is 64.1 Å². The zero-order chi connectivity index (χ0) is 23.1. The second kappa shape index (κ2) is 9.10. The highest BCUT2D eigenvalue weighted by molar-refractivity contribution is 6.42. The number of rotatable bonds is 6. The van der Waals surface area contributed by atoms with E-state index < -0.39 is 5.54 Å². The zero-order valence-corrected chi connectivity index (χ0v) is 20.7. The number of halogens is 2. The van der Waals surface area contributed by atoms with E-state index in [1.165, 1.54) is 5.56 Å². The van der Waals surface area contributed by atoms with Gasteiger partial charge < -0.3 is 20.0 Å². The van der Waals surface area contributed by atoms with Crippen molar-refractivity contribution in [3.63, 3.8) is 0 Å². The Hall–Kier alpha value is -1.79. The molecule has 2 aromatic carbocycles. The minimum Gasteiger partial charge on any atom is -0.339 e. The number of nitrogens with zero attached hydrogens (tertiary/aromatic N) is 3. The summed E-state index contributed by atoms with van der Waals surface area (Å²) in [6.45, 7) is 5.69. The van der Waals surface area contributed by atoms with E-state index >= 15 is 0 Å². The number of hydrogen-bond donors (Lipinski definition) is 1. The molecule has 3 aliphatic heterocycles. The van der Waals surface area contributed by atoms with E-state index in [2.05, 4.69) is 51.3 Å². The van der Waals surface area contributed by atoms with Gasteiger partial charge in [-0.2, -0.15) is 0 Å². The van der Waals surface area contributed by atoms with Crippen molar-refractivity contribution in [2.75, 3.05) is 51.3 Å². The van der Waals surface area contributed by atoms with Crippen molar-refractivity contribution >= 4 is 34.8 Å². The minimum absolute atomic E-state index is 0.162. The summed E-state index contributed by atoms with van der Waals surface area (Å²) in [7, 11) is 2.17. The Morgan fingerprint density at radius 2 is 1.73 bits per heavy atom. The van der Waals surface area contributed by atoms with Gasteiger partial charge in [-0.05, 0) is 69.1 Å². The van der Waals surface area contributed by atoms with Gasteiger partial charge in [0.25, 0.3) is 0 Å². The molecule has 2 aromatic rings. The number of carbonyl (C=O) groups excluding carboxylic acids is 1. The van der Waals surface area contributed by atoms with Crippen LogP contribution in [0.15, 0.2) is 48.5 Å². The molecule has 0 bridgehead atoms.